The van der Waals surface area contributed by atoms with Crippen LogP contribution in [0.2, 0.25) is 0 Å². The van der Waals surface area contributed by atoms with Crippen molar-refractivity contribution < 1.29 is 23.1 Å². The van der Waals surface area contributed by atoms with Gasteiger partial charge in [-0.25, -0.2) is 8.42 Å². The number of sulfone groups is 1. The Morgan fingerprint density at radius 2 is 2.07 bits per heavy atom. The van der Waals surface area contributed by atoms with Crippen molar-refractivity contribution in [1.82, 2.24) is 10.6 Å². The first-order valence-electron chi connectivity index (χ1n) is 10.3. The fraction of sp³-hybridized carbons (Fsp3) is 0.667. The van der Waals surface area contributed by atoms with Crippen LogP contribution in [0, 0.1) is 16.7 Å². The molecule has 0 radical (unpaired) electrons. The third kappa shape index (κ3) is 3.35. The predicted molar refractivity (Wildman–Crippen MR) is 108 cm³/mol. The van der Waals surface area contributed by atoms with Crippen molar-refractivity contribution in [3.8, 4) is 5.75 Å². The zero-order chi connectivity index (χ0) is 21.0. The lowest BCUT2D eigenvalue weighted by atomic mass is 9.68. The number of hydrogen-bond acceptors (Lipinski definition) is 6. The zero-order valence-corrected chi connectivity index (χ0v) is 18.0. The van der Waals surface area contributed by atoms with Crippen LogP contribution >= 0.6 is 0 Å². The summed E-state index contributed by atoms with van der Waals surface area (Å²) in [6.07, 6.45) is 3.38. The Kier molecular flexibility index (Phi) is 4.95. The van der Waals surface area contributed by atoms with Crippen LogP contribution in [-0.2, 0) is 14.6 Å². The predicted octanol–water partition coefficient (Wildman–Crippen LogP) is 2.06. The average molecular weight is 423 g/mol. The molecule has 1 aliphatic heterocycles. The molecule has 1 aromatic rings. The van der Waals surface area contributed by atoms with Gasteiger partial charge >= 0.3 is 0 Å². The highest BCUT2D eigenvalue weighted by Gasteiger charge is 2.59. The highest BCUT2D eigenvalue weighted by molar-refractivity contribution is 7.92. The third-order valence-corrected chi connectivity index (χ3v) is 9.25. The van der Waals surface area contributed by atoms with E-state index < -0.39 is 15.3 Å². The molecular formula is C21H30N2O5S. The van der Waals surface area contributed by atoms with E-state index in [0.717, 1.165) is 12.8 Å². The number of aromatic hydroxyl groups is 1. The Morgan fingerprint density at radius 3 is 2.69 bits per heavy atom. The van der Waals surface area contributed by atoms with Crippen LogP contribution in [-0.4, -0.2) is 50.6 Å². The smallest absolute Gasteiger partial charge is 0.251 e. The second kappa shape index (κ2) is 6.96. The molecule has 0 aromatic heterocycles. The zero-order valence-electron chi connectivity index (χ0n) is 17.2. The van der Waals surface area contributed by atoms with E-state index in [1.807, 2.05) is 0 Å². The van der Waals surface area contributed by atoms with E-state index in [0.29, 0.717) is 12.5 Å². The van der Waals surface area contributed by atoms with E-state index in [-0.39, 0.29) is 52.1 Å². The maximum absolute atomic E-state index is 13.0. The first kappa shape index (κ1) is 20.6. The number of nitrogens with one attached hydrogen (secondary N) is 2. The van der Waals surface area contributed by atoms with E-state index in [4.69, 9.17) is 4.74 Å². The molecule has 3 aliphatic rings. The summed E-state index contributed by atoms with van der Waals surface area (Å²) in [5, 5.41) is 16.3. The molecule has 4 rings (SSSR count). The molecule has 160 valence electrons. The Balaban J connectivity index is 1.60. The molecule has 2 bridgehead atoms. The number of hydrogen-bond donors (Lipinski definition) is 3. The lowest BCUT2D eigenvalue weighted by Gasteiger charge is -2.43. The van der Waals surface area contributed by atoms with Gasteiger partial charge in [-0.2, -0.15) is 0 Å². The number of morpholine rings is 1. The molecule has 1 saturated heterocycles. The fourth-order valence-electron chi connectivity index (χ4n) is 5.64. The van der Waals surface area contributed by atoms with Gasteiger partial charge in [0.1, 0.15) is 10.6 Å². The number of phenolic OH excluding ortho intramolecular Hbond substituents is 1. The van der Waals surface area contributed by atoms with Crippen LogP contribution in [0.1, 0.15) is 50.4 Å². The summed E-state index contributed by atoms with van der Waals surface area (Å²) in [7, 11) is -3.93. The van der Waals surface area contributed by atoms with E-state index in [1.54, 1.807) is 0 Å². The Hall–Kier alpha value is -1.64. The minimum atomic E-state index is -3.93. The van der Waals surface area contributed by atoms with Gasteiger partial charge in [-0.3, -0.25) is 4.79 Å². The van der Waals surface area contributed by atoms with Crippen molar-refractivity contribution in [2.75, 3.05) is 19.7 Å². The summed E-state index contributed by atoms with van der Waals surface area (Å²) in [6.45, 7) is 7.64. The first-order valence-corrected chi connectivity index (χ1v) is 11.8. The van der Waals surface area contributed by atoms with E-state index in [2.05, 4.69) is 31.4 Å². The number of rotatable bonds is 4. The Labute approximate surface area is 172 Å². The molecule has 3 N–H and O–H groups in total. The van der Waals surface area contributed by atoms with Gasteiger partial charge in [0.2, 0.25) is 9.84 Å². The minimum Gasteiger partial charge on any atom is -0.507 e. The molecule has 7 nitrogen and oxygen atoms in total. The molecule has 0 spiro atoms. The standard InChI is InChI=1S/C21H30N2O5S/c1-20(2)14-6-7-21(3,11-14)19(20)23-18(25)13-4-5-15(24)16(10-13)29(26,27)17-12-22-8-9-28-17/h4-5,10,14,17,19,22,24H,6-9,11-12H2,1-3H3,(H,23,25)/t14-,17?,19?,21+/m1/s1. The van der Waals surface area contributed by atoms with Gasteiger partial charge < -0.3 is 20.5 Å². The normalized spacial score (nSPS) is 33.6. The summed E-state index contributed by atoms with van der Waals surface area (Å²) in [6, 6.07) is 4.03. The van der Waals surface area contributed by atoms with Gasteiger partial charge in [-0.1, -0.05) is 20.8 Å². The van der Waals surface area contributed by atoms with Crippen molar-refractivity contribution in [2.24, 2.45) is 16.7 Å². The largest absolute Gasteiger partial charge is 0.507 e. The number of phenols is 1. The number of carbonyl (C=O) groups excluding carboxylic acids is 1. The third-order valence-electron chi connectivity index (χ3n) is 7.31. The van der Waals surface area contributed by atoms with Crippen LogP contribution in [0.4, 0.5) is 0 Å². The van der Waals surface area contributed by atoms with Crippen LogP contribution in [0.25, 0.3) is 0 Å². The molecule has 2 aliphatic carbocycles. The molecule has 8 heteroatoms. The summed E-state index contributed by atoms with van der Waals surface area (Å²) in [5.41, 5.74) is -0.788. The maximum Gasteiger partial charge on any atom is 0.251 e. The molecular weight excluding hydrogens is 392 g/mol. The van der Waals surface area contributed by atoms with Gasteiger partial charge in [-0.05, 0) is 54.2 Å². The second-order valence-electron chi connectivity index (χ2n) is 9.55. The maximum atomic E-state index is 13.0. The van der Waals surface area contributed by atoms with Crippen LogP contribution < -0.4 is 10.6 Å². The molecule has 1 amide bonds. The SMILES string of the molecule is CC1(C)C(NC(=O)c2ccc(O)c(S(=O)(=O)C3CNCCO3)c2)[C@@]2(C)CC[C@@H]1C2. The molecule has 2 saturated carbocycles. The second-order valence-corrected chi connectivity index (χ2v) is 11.6. The summed E-state index contributed by atoms with van der Waals surface area (Å²) in [5.74, 6) is -0.0940. The van der Waals surface area contributed by atoms with Gasteiger partial charge in [0.25, 0.3) is 5.91 Å². The highest BCUT2D eigenvalue weighted by atomic mass is 32.2. The van der Waals surface area contributed by atoms with Crippen molar-refractivity contribution in [3.05, 3.63) is 23.8 Å². The van der Waals surface area contributed by atoms with Crippen molar-refractivity contribution in [3.63, 3.8) is 0 Å². The highest BCUT2D eigenvalue weighted by Crippen LogP contribution is 2.62. The summed E-state index contributed by atoms with van der Waals surface area (Å²) >= 11 is 0. The van der Waals surface area contributed by atoms with Gasteiger partial charge in [0.05, 0.1) is 6.61 Å². The van der Waals surface area contributed by atoms with Crippen LogP contribution in [0.3, 0.4) is 0 Å². The molecule has 1 aromatic carbocycles. The van der Waals surface area contributed by atoms with Gasteiger partial charge in [0.15, 0.2) is 5.44 Å². The number of ether oxygens (including phenoxy) is 1. The van der Waals surface area contributed by atoms with E-state index in [1.165, 1.54) is 24.6 Å². The van der Waals surface area contributed by atoms with Crippen molar-refractivity contribution >= 4 is 15.7 Å². The Morgan fingerprint density at radius 1 is 1.31 bits per heavy atom. The monoisotopic (exact) mass is 422 g/mol. The number of amides is 1. The van der Waals surface area contributed by atoms with Crippen molar-refractivity contribution in [1.29, 1.82) is 0 Å². The molecule has 4 atom stereocenters. The number of carbonyl (C=O) groups is 1. The summed E-state index contributed by atoms with van der Waals surface area (Å²) in [4.78, 5) is 12.8. The Bertz CT molecular complexity index is 918. The molecule has 2 unspecified atom stereocenters. The quantitative estimate of drug-likeness (QED) is 0.686. The lowest BCUT2D eigenvalue weighted by Crippen LogP contribution is -2.52. The molecule has 3 fully saturated rings. The number of fused-ring (bicyclic) bond motifs is 2. The molecule has 29 heavy (non-hydrogen) atoms. The first-order chi connectivity index (χ1) is 13.6. The van der Waals surface area contributed by atoms with Gasteiger partial charge in [-0.15, -0.1) is 0 Å². The molecule has 1 heterocycles. The summed E-state index contributed by atoms with van der Waals surface area (Å²) < 4.78 is 31.2. The topological polar surface area (TPSA) is 105 Å². The lowest BCUT2D eigenvalue weighted by molar-refractivity contribution is 0.0737. The van der Waals surface area contributed by atoms with Crippen LogP contribution in [0.15, 0.2) is 23.1 Å². The average Bonchev–Trinajstić information content (AvgIpc) is 3.17. The van der Waals surface area contributed by atoms with E-state index >= 15 is 0 Å². The van der Waals surface area contributed by atoms with Crippen LogP contribution in [0.5, 0.6) is 5.75 Å². The van der Waals surface area contributed by atoms with E-state index in [9.17, 15) is 18.3 Å². The van der Waals surface area contributed by atoms with Gasteiger partial charge in [0, 0.05) is 24.7 Å². The van der Waals surface area contributed by atoms with Crippen molar-refractivity contribution in [2.45, 2.75) is 56.4 Å². The fourth-order valence-corrected chi connectivity index (χ4v) is 7.19. The number of benzene rings is 1. The minimum absolute atomic E-state index is 0.00388.